The van der Waals surface area contributed by atoms with Crippen LogP contribution < -0.4 is 4.90 Å². The maximum absolute atomic E-state index is 2.52. The van der Waals surface area contributed by atoms with Crippen LogP contribution in [0.4, 0.5) is 17.1 Å². The summed E-state index contributed by atoms with van der Waals surface area (Å²) in [4.78, 5) is 2.52. The molecule has 0 fully saturated rings. The zero-order valence-electron chi connectivity index (χ0n) is 33.0. The van der Waals surface area contributed by atoms with Gasteiger partial charge in [0.1, 0.15) is 0 Å². The van der Waals surface area contributed by atoms with Crippen molar-refractivity contribution in [2.45, 2.75) is 19.3 Å². The highest BCUT2D eigenvalue weighted by molar-refractivity contribution is 6.14. The highest BCUT2D eigenvalue weighted by Gasteiger charge is 2.36. The minimum atomic E-state index is -0.132. The molecule has 0 aliphatic heterocycles. The van der Waals surface area contributed by atoms with Gasteiger partial charge in [0.25, 0.3) is 0 Å². The van der Waals surface area contributed by atoms with E-state index in [2.05, 4.69) is 230 Å². The van der Waals surface area contributed by atoms with Crippen molar-refractivity contribution >= 4 is 71.2 Å². The third-order valence-electron chi connectivity index (χ3n) is 12.9. The first-order valence-electron chi connectivity index (χ1n) is 20.6. The fourth-order valence-corrected chi connectivity index (χ4v) is 10.1. The molecule has 0 spiro atoms. The molecular formula is C57H40N2. The molecule has 2 heteroatoms. The Balaban J connectivity index is 1.17. The van der Waals surface area contributed by atoms with Gasteiger partial charge in [-0.25, -0.2) is 0 Å². The summed E-state index contributed by atoms with van der Waals surface area (Å²) in [7, 11) is 0. The minimum Gasteiger partial charge on any atom is -0.310 e. The van der Waals surface area contributed by atoms with Gasteiger partial charge in [-0.3, -0.25) is 0 Å². The van der Waals surface area contributed by atoms with Crippen molar-refractivity contribution in [2.75, 3.05) is 4.90 Å². The number of fused-ring (bicyclic) bond motifs is 9. The van der Waals surface area contributed by atoms with Gasteiger partial charge in [0.2, 0.25) is 0 Å². The van der Waals surface area contributed by atoms with E-state index >= 15 is 0 Å². The number of hydrogen-bond donors (Lipinski definition) is 0. The van der Waals surface area contributed by atoms with Crippen LogP contribution in [0.2, 0.25) is 0 Å². The summed E-state index contributed by atoms with van der Waals surface area (Å²) in [5.41, 5.74) is 14.6. The van der Waals surface area contributed by atoms with Crippen LogP contribution >= 0.6 is 0 Å². The predicted molar refractivity (Wildman–Crippen MR) is 251 cm³/mol. The third kappa shape index (κ3) is 5.06. The monoisotopic (exact) mass is 752 g/mol. The van der Waals surface area contributed by atoms with Gasteiger partial charge < -0.3 is 9.47 Å². The van der Waals surface area contributed by atoms with E-state index in [-0.39, 0.29) is 5.41 Å². The summed E-state index contributed by atoms with van der Waals surface area (Å²) in [6.45, 7) is 4.75. The van der Waals surface area contributed by atoms with Crippen LogP contribution in [-0.4, -0.2) is 4.57 Å². The zero-order chi connectivity index (χ0) is 39.2. The number of nitrogens with zero attached hydrogens (tertiary/aromatic N) is 2. The second-order valence-corrected chi connectivity index (χ2v) is 16.5. The van der Waals surface area contributed by atoms with E-state index in [1.165, 1.54) is 87.5 Å². The molecule has 1 heterocycles. The summed E-state index contributed by atoms with van der Waals surface area (Å²) in [5, 5.41) is 9.93. The lowest BCUT2D eigenvalue weighted by atomic mass is 9.82. The van der Waals surface area contributed by atoms with E-state index in [1.807, 2.05) is 0 Å². The molecule has 0 saturated carbocycles. The zero-order valence-corrected chi connectivity index (χ0v) is 33.0. The third-order valence-corrected chi connectivity index (χ3v) is 12.9. The van der Waals surface area contributed by atoms with Crippen molar-refractivity contribution in [3.8, 4) is 27.9 Å². The molecule has 0 unspecified atom stereocenters. The maximum Gasteiger partial charge on any atom is 0.0546 e. The Morgan fingerprint density at radius 1 is 0.373 bits per heavy atom. The fourth-order valence-electron chi connectivity index (χ4n) is 10.1. The molecule has 59 heavy (non-hydrogen) atoms. The Kier molecular flexibility index (Phi) is 7.31. The van der Waals surface area contributed by atoms with Crippen LogP contribution in [0.5, 0.6) is 0 Å². The molecule has 0 bridgehead atoms. The molecule has 0 radical (unpaired) electrons. The lowest BCUT2D eigenvalue weighted by Gasteiger charge is -2.30. The van der Waals surface area contributed by atoms with Crippen molar-refractivity contribution in [2.24, 2.45) is 0 Å². The van der Waals surface area contributed by atoms with Crippen molar-refractivity contribution in [1.29, 1.82) is 0 Å². The van der Waals surface area contributed by atoms with Gasteiger partial charge in [-0.05, 0) is 127 Å². The van der Waals surface area contributed by atoms with Gasteiger partial charge in [-0.15, -0.1) is 0 Å². The Labute approximate surface area is 343 Å². The van der Waals surface area contributed by atoms with Gasteiger partial charge in [-0.2, -0.15) is 0 Å². The normalized spacial score (nSPS) is 13.1. The van der Waals surface area contributed by atoms with Crippen LogP contribution in [0.1, 0.15) is 25.0 Å². The molecule has 278 valence electrons. The standard InChI is InChI=1S/C57H40N2/c1-57(2)51-30-28-42(35-49(51)48-33-39-17-6-7-18-40(39)34-52(48)57)58(43-29-32-54-50(36-43)46-24-12-13-26-53(46)59(54)41-20-4-3-5-21-41)55-31-27-38-16-9-11-23-45(38)56(55)47-25-14-19-37-15-8-10-22-44(37)47/h3-36H,1-2H3. The van der Waals surface area contributed by atoms with Gasteiger partial charge in [0, 0.05) is 38.8 Å². The van der Waals surface area contributed by atoms with Crippen molar-refractivity contribution in [3.05, 3.63) is 217 Å². The summed E-state index contributed by atoms with van der Waals surface area (Å²) in [5.74, 6) is 0. The minimum absolute atomic E-state index is 0.132. The van der Waals surface area contributed by atoms with Gasteiger partial charge in [0.05, 0.1) is 16.7 Å². The highest BCUT2D eigenvalue weighted by Crippen LogP contribution is 2.53. The van der Waals surface area contributed by atoms with E-state index in [4.69, 9.17) is 0 Å². The Hall–Kier alpha value is -7.42. The Morgan fingerprint density at radius 3 is 1.78 bits per heavy atom. The fraction of sp³-hybridized carbons (Fsp3) is 0.0526. The van der Waals surface area contributed by atoms with Crippen LogP contribution in [0.15, 0.2) is 206 Å². The second-order valence-electron chi connectivity index (χ2n) is 16.5. The molecule has 0 N–H and O–H groups in total. The molecule has 0 saturated heterocycles. The number of para-hydroxylation sites is 2. The van der Waals surface area contributed by atoms with Crippen LogP contribution in [-0.2, 0) is 5.41 Å². The molecule has 0 amide bonds. The summed E-state index contributed by atoms with van der Waals surface area (Å²) >= 11 is 0. The van der Waals surface area contributed by atoms with Gasteiger partial charge in [-0.1, -0.05) is 153 Å². The number of benzene rings is 10. The molecule has 0 atom stereocenters. The average Bonchev–Trinajstić information content (AvgIpc) is 3.73. The summed E-state index contributed by atoms with van der Waals surface area (Å²) < 4.78 is 2.40. The van der Waals surface area contributed by atoms with E-state index in [1.54, 1.807) is 0 Å². The predicted octanol–water partition coefficient (Wildman–Crippen LogP) is 15.7. The van der Waals surface area contributed by atoms with Crippen LogP contribution in [0, 0.1) is 0 Å². The molecule has 11 aromatic rings. The highest BCUT2D eigenvalue weighted by atomic mass is 15.1. The summed E-state index contributed by atoms with van der Waals surface area (Å²) in [6, 6.07) is 76.4. The number of anilines is 3. The molecule has 12 rings (SSSR count). The lowest BCUT2D eigenvalue weighted by Crippen LogP contribution is -2.15. The van der Waals surface area contributed by atoms with Gasteiger partial charge in [0.15, 0.2) is 0 Å². The molecule has 10 aromatic carbocycles. The molecular weight excluding hydrogens is 713 g/mol. The molecule has 1 aromatic heterocycles. The van der Waals surface area contributed by atoms with E-state index in [9.17, 15) is 0 Å². The number of rotatable bonds is 5. The summed E-state index contributed by atoms with van der Waals surface area (Å²) in [6.07, 6.45) is 0. The first-order chi connectivity index (χ1) is 29.0. The first-order valence-corrected chi connectivity index (χ1v) is 20.6. The second kappa shape index (κ2) is 12.8. The first kappa shape index (κ1) is 33.7. The van der Waals surface area contributed by atoms with Gasteiger partial charge >= 0.3 is 0 Å². The average molecular weight is 753 g/mol. The topological polar surface area (TPSA) is 8.17 Å². The van der Waals surface area contributed by atoms with Crippen molar-refractivity contribution < 1.29 is 0 Å². The van der Waals surface area contributed by atoms with Crippen LogP contribution in [0.25, 0.3) is 82.1 Å². The number of aromatic nitrogens is 1. The van der Waals surface area contributed by atoms with Crippen molar-refractivity contribution in [1.82, 2.24) is 4.57 Å². The van der Waals surface area contributed by atoms with Crippen molar-refractivity contribution in [3.63, 3.8) is 0 Å². The quantitative estimate of drug-likeness (QED) is 0.170. The van der Waals surface area contributed by atoms with E-state index < -0.39 is 0 Å². The maximum atomic E-state index is 2.52. The SMILES string of the molecule is CC1(C)c2ccc(N(c3ccc4c(c3)c3ccccc3n4-c3ccccc3)c3ccc4ccccc4c3-c3cccc4ccccc34)cc2-c2cc3ccccc3cc21. The van der Waals surface area contributed by atoms with E-state index in [0.29, 0.717) is 0 Å². The van der Waals surface area contributed by atoms with Crippen LogP contribution in [0.3, 0.4) is 0 Å². The molecule has 2 nitrogen and oxygen atoms in total. The molecule has 1 aliphatic rings. The molecule has 1 aliphatic carbocycles. The smallest absolute Gasteiger partial charge is 0.0546 e. The Bertz CT molecular complexity index is 3470. The number of hydrogen-bond acceptors (Lipinski definition) is 1. The lowest BCUT2D eigenvalue weighted by molar-refractivity contribution is 0.661. The largest absolute Gasteiger partial charge is 0.310 e. The van der Waals surface area contributed by atoms with E-state index in [0.717, 1.165) is 22.7 Å². The Morgan fingerprint density at radius 2 is 0.966 bits per heavy atom.